The van der Waals surface area contributed by atoms with Gasteiger partial charge in [0.25, 0.3) is 0 Å². The van der Waals surface area contributed by atoms with Crippen LogP contribution in [0.25, 0.3) is 11.4 Å². The maximum absolute atomic E-state index is 12.5. The van der Waals surface area contributed by atoms with Crippen molar-refractivity contribution in [3.05, 3.63) is 47.8 Å². The summed E-state index contributed by atoms with van der Waals surface area (Å²) in [6.45, 7) is 0. The lowest BCUT2D eigenvalue weighted by atomic mass is 10.1. The Labute approximate surface area is 101 Å². The zero-order valence-corrected chi connectivity index (χ0v) is 8.94. The van der Waals surface area contributed by atoms with E-state index in [9.17, 15) is 13.2 Å². The van der Waals surface area contributed by atoms with Gasteiger partial charge in [0.15, 0.2) is 5.82 Å². The van der Waals surface area contributed by atoms with E-state index in [2.05, 4.69) is 9.97 Å². The third-order valence-electron chi connectivity index (χ3n) is 2.22. The van der Waals surface area contributed by atoms with Crippen molar-refractivity contribution >= 4 is 0 Å². The van der Waals surface area contributed by atoms with Gasteiger partial charge in [0, 0.05) is 11.8 Å². The summed E-state index contributed by atoms with van der Waals surface area (Å²) < 4.78 is 37.6. The highest BCUT2D eigenvalue weighted by atomic mass is 19.4. The average molecular weight is 249 g/mol. The third-order valence-corrected chi connectivity index (χ3v) is 2.22. The minimum atomic E-state index is -4.41. The maximum atomic E-state index is 12.5. The summed E-state index contributed by atoms with van der Waals surface area (Å²) in [5.41, 5.74) is -0.440. The van der Waals surface area contributed by atoms with E-state index in [1.165, 1.54) is 24.4 Å². The molecule has 0 aliphatic rings. The van der Waals surface area contributed by atoms with Gasteiger partial charge < -0.3 is 0 Å². The van der Waals surface area contributed by atoms with Crippen molar-refractivity contribution in [3.63, 3.8) is 0 Å². The van der Waals surface area contributed by atoms with Crippen LogP contribution in [-0.4, -0.2) is 9.97 Å². The van der Waals surface area contributed by atoms with Crippen molar-refractivity contribution in [3.8, 4) is 17.5 Å². The van der Waals surface area contributed by atoms with Crippen molar-refractivity contribution in [2.24, 2.45) is 0 Å². The number of alkyl halides is 3. The van der Waals surface area contributed by atoms with Gasteiger partial charge in [0.1, 0.15) is 11.8 Å². The Balaban J connectivity index is 2.48. The molecule has 0 saturated heterocycles. The molecule has 2 rings (SSSR count). The van der Waals surface area contributed by atoms with E-state index in [4.69, 9.17) is 5.26 Å². The fraction of sp³-hybridized carbons (Fsp3) is 0.0833. The average Bonchev–Trinajstić information content (AvgIpc) is 2.38. The predicted octanol–water partition coefficient (Wildman–Crippen LogP) is 3.03. The highest BCUT2D eigenvalue weighted by Gasteiger charge is 2.30. The Morgan fingerprint density at radius 3 is 2.61 bits per heavy atom. The van der Waals surface area contributed by atoms with Gasteiger partial charge >= 0.3 is 6.18 Å². The Morgan fingerprint density at radius 2 is 1.94 bits per heavy atom. The number of rotatable bonds is 1. The molecule has 2 aromatic rings. The first kappa shape index (κ1) is 12.0. The SMILES string of the molecule is N#Cc1ccnc(-c2cccc(C(F)(F)F)c2)n1. The third kappa shape index (κ3) is 2.46. The van der Waals surface area contributed by atoms with Crippen LogP contribution in [0.4, 0.5) is 13.2 Å². The maximum Gasteiger partial charge on any atom is 0.416 e. The molecule has 0 fully saturated rings. The number of hydrogen-bond donors (Lipinski definition) is 0. The van der Waals surface area contributed by atoms with Gasteiger partial charge in [-0.05, 0) is 18.2 Å². The fourth-order valence-corrected chi connectivity index (χ4v) is 1.39. The zero-order chi connectivity index (χ0) is 13.2. The summed E-state index contributed by atoms with van der Waals surface area (Å²) in [4.78, 5) is 7.70. The van der Waals surface area contributed by atoms with E-state index in [0.29, 0.717) is 0 Å². The first-order valence-corrected chi connectivity index (χ1v) is 4.91. The van der Waals surface area contributed by atoms with Crippen LogP contribution >= 0.6 is 0 Å². The lowest BCUT2D eigenvalue weighted by molar-refractivity contribution is -0.137. The largest absolute Gasteiger partial charge is 0.416 e. The molecule has 1 aromatic carbocycles. The quantitative estimate of drug-likeness (QED) is 0.780. The minimum absolute atomic E-state index is 0.0974. The molecule has 0 atom stereocenters. The molecule has 0 unspecified atom stereocenters. The van der Waals surface area contributed by atoms with Crippen LogP contribution in [0, 0.1) is 11.3 Å². The first-order chi connectivity index (χ1) is 8.50. The Bertz CT molecular complexity index is 614. The summed E-state index contributed by atoms with van der Waals surface area (Å²) in [5.74, 6) is 0.0974. The highest BCUT2D eigenvalue weighted by Crippen LogP contribution is 2.31. The van der Waals surface area contributed by atoms with Gasteiger partial charge in [0.2, 0.25) is 0 Å². The van der Waals surface area contributed by atoms with E-state index in [0.717, 1.165) is 12.1 Å². The molecule has 0 spiro atoms. The van der Waals surface area contributed by atoms with E-state index in [-0.39, 0.29) is 17.1 Å². The smallest absolute Gasteiger partial charge is 0.236 e. The molecule has 6 heteroatoms. The molecule has 0 aliphatic heterocycles. The lowest BCUT2D eigenvalue weighted by Gasteiger charge is -2.07. The number of nitrogens with zero attached hydrogens (tertiary/aromatic N) is 3. The first-order valence-electron chi connectivity index (χ1n) is 4.91. The summed E-state index contributed by atoms with van der Waals surface area (Å²) in [7, 11) is 0. The summed E-state index contributed by atoms with van der Waals surface area (Å²) in [6, 6.07) is 7.86. The van der Waals surface area contributed by atoms with Crippen molar-refractivity contribution < 1.29 is 13.2 Å². The standard InChI is InChI=1S/C12H6F3N3/c13-12(14,15)9-3-1-2-8(6-9)11-17-5-4-10(7-16)18-11/h1-6H. The minimum Gasteiger partial charge on any atom is -0.236 e. The number of aromatic nitrogens is 2. The second-order valence-corrected chi connectivity index (χ2v) is 3.46. The van der Waals surface area contributed by atoms with Crippen LogP contribution in [0.2, 0.25) is 0 Å². The Morgan fingerprint density at radius 1 is 1.17 bits per heavy atom. The van der Waals surface area contributed by atoms with E-state index < -0.39 is 11.7 Å². The van der Waals surface area contributed by atoms with Crippen molar-refractivity contribution in [2.75, 3.05) is 0 Å². The molecule has 0 aliphatic carbocycles. The number of hydrogen-bond acceptors (Lipinski definition) is 3. The van der Waals surface area contributed by atoms with E-state index in [1.807, 2.05) is 6.07 Å². The van der Waals surface area contributed by atoms with Gasteiger partial charge in [-0.3, -0.25) is 0 Å². The molecular formula is C12H6F3N3. The molecular weight excluding hydrogens is 243 g/mol. The van der Waals surface area contributed by atoms with Gasteiger partial charge in [-0.2, -0.15) is 18.4 Å². The highest BCUT2D eigenvalue weighted by molar-refractivity contribution is 5.56. The van der Waals surface area contributed by atoms with Gasteiger partial charge in [0.05, 0.1) is 5.56 Å². The lowest BCUT2D eigenvalue weighted by Crippen LogP contribution is -2.04. The van der Waals surface area contributed by atoms with Crippen molar-refractivity contribution in [2.45, 2.75) is 6.18 Å². The van der Waals surface area contributed by atoms with Crippen LogP contribution in [0.15, 0.2) is 36.5 Å². The molecule has 1 heterocycles. The fourth-order valence-electron chi connectivity index (χ4n) is 1.39. The van der Waals surface area contributed by atoms with Crippen LogP contribution < -0.4 is 0 Å². The molecule has 1 aromatic heterocycles. The number of benzene rings is 1. The summed E-state index contributed by atoms with van der Waals surface area (Å²) in [5, 5.41) is 8.67. The molecule has 90 valence electrons. The van der Waals surface area contributed by atoms with Gasteiger partial charge in [-0.25, -0.2) is 9.97 Å². The van der Waals surface area contributed by atoms with Crippen LogP contribution in [0.5, 0.6) is 0 Å². The van der Waals surface area contributed by atoms with E-state index >= 15 is 0 Å². The van der Waals surface area contributed by atoms with E-state index in [1.54, 1.807) is 0 Å². The second kappa shape index (κ2) is 4.45. The normalized spacial score (nSPS) is 11.0. The topological polar surface area (TPSA) is 49.6 Å². The Hall–Kier alpha value is -2.42. The molecule has 0 saturated carbocycles. The van der Waals surface area contributed by atoms with Crippen LogP contribution in [-0.2, 0) is 6.18 Å². The summed E-state index contributed by atoms with van der Waals surface area (Å²) in [6.07, 6.45) is -3.08. The molecule has 18 heavy (non-hydrogen) atoms. The molecule has 0 N–H and O–H groups in total. The molecule has 0 radical (unpaired) electrons. The number of halogens is 3. The van der Waals surface area contributed by atoms with Gasteiger partial charge in [-0.1, -0.05) is 12.1 Å². The monoisotopic (exact) mass is 249 g/mol. The van der Waals surface area contributed by atoms with Crippen molar-refractivity contribution in [1.29, 1.82) is 5.26 Å². The van der Waals surface area contributed by atoms with Crippen molar-refractivity contribution in [1.82, 2.24) is 9.97 Å². The Kier molecular flexibility index (Phi) is 2.98. The molecule has 0 bridgehead atoms. The van der Waals surface area contributed by atoms with Crippen LogP contribution in [0.3, 0.4) is 0 Å². The predicted molar refractivity (Wildman–Crippen MR) is 57.2 cm³/mol. The second-order valence-electron chi connectivity index (χ2n) is 3.46. The number of nitriles is 1. The van der Waals surface area contributed by atoms with Crippen LogP contribution in [0.1, 0.15) is 11.3 Å². The molecule has 3 nitrogen and oxygen atoms in total. The molecule has 0 amide bonds. The zero-order valence-electron chi connectivity index (χ0n) is 8.94. The summed E-state index contributed by atoms with van der Waals surface area (Å²) >= 11 is 0. The van der Waals surface area contributed by atoms with Gasteiger partial charge in [-0.15, -0.1) is 0 Å².